The number of fused-ring (bicyclic) bond motifs is 1. The first-order valence-corrected chi connectivity index (χ1v) is 9.57. The summed E-state index contributed by atoms with van der Waals surface area (Å²) < 4.78 is 38.0. The number of halogens is 4. The summed E-state index contributed by atoms with van der Waals surface area (Å²) in [5.41, 5.74) is 0.164. The van der Waals surface area contributed by atoms with Gasteiger partial charge in [-0.15, -0.1) is 0 Å². The van der Waals surface area contributed by atoms with Crippen LogP contribution in [0.1, 0.15) is 63.4 Å². The summed E-state index contributed by atoms with van der Waals surface area (Å²) in [7, 11) is 0. The Morgan fingerprint density at radius 2 is 1.93 bits per heavy atom. The van der Waals surface area contributed by atoms with Gasteiger partial charge in [-0.1, -0.05) is 18.5 Å². The van der Waals surface area contributed by atoms with Crippen molar-refractivity contribution in [3.8, 4) is 0 Å². The fourth-order valence-corrected chi connectivity index (χ4v) is 3.22. The molecule has 1 unspecified atom stereocenters. The van der Waals surface area contributed by atoms with Crippen LogP contribution in [0.25, 0.3) is 11.2 Å². The topological polar surface area (TPSA) is 68.0 Å². The maximum atomic E-state index is 11.9. The Labute approximate surface area is 166 Å². The van der Waals surface area contributed by atoms with E-state index in [0.29, 0.717) is 18.1 Å². The van der Waals surface area contributed by atoms with E-state index in [1.807, 2.05) is 19.9 Å². The Balaban J connectivity index is 0.000000211. The maximum Gasteiger partial charge on any atom is 0.417 e. The number of aliphatic hydroxyl groups is 1. The number of imidazole rings is 1. The molecule has 0 spiro atoms. The average Bonchev–Trinajstić information content (AvgIpc) is 2.82. The van der Waals surface area contributed by atoms with E-state index in [0.717, 1.165) is 22.6 Å². The average molecular weight is 420 g/mol. The van der Waals surface area contributed by atoms with Gasteiger partial charge in [0.2, 0.25) is 0 Å². The number of carbonyl (C=O) groups is 1. The van der Waals surface area contributed by atoms with Crippen LogP contribution in [0.5, 0.6) is 0 Å². The van der Waals surface area contributed by atoms with Gasteiger partial charge in [0.1, 0.15) is 22.3 Å². The highest BCUT2D eigenvalue weighted by atomic mass is 35.5. The van der Waals surface area contributed by atoms with Crippen molar-refractivity contribution in [2.45, 2.75) is 77.6 Å². The van der Waals surface area contributed by atoms with Crippen molar-refractivity contribution in [2.24, 2.45) is 0 Å². The number of hydrogen-bond acceptors (Lipinski definition) is 4. The molecule has 1 saturated carbocycles. The predicted molar refractivity (Wildman–Crippen MR) is 101 cm³/mol. The standard InChI is InChI=1S/C12H14ClN3.C7H11F3O2/c1-7-6-10(13)15-12-11(7)14-8(2)16(12)9-4-3-5-9;1-3-5(11)4-6(2,12)7(8,9)10/h6,9H,3-5H2,1-2H3;12H,3-4H2,1-2H3. The third-order valence-electron chi connectivity index (χ3n) is 4.97. The number of ketones is 1. The van der Waals surface area contributed by atoms with Gasteiger partial charge in [-0.25, -0.2) is 9.97 Å². The molecule has 2 aromatic heterocycles. The molecule has 0 saturated heterocycles. The number of carbonyl (C=O) groups excluding carboxylic acids is 1. The van der Waals surface area contributed by atoms with Crippen LogP contribution in [-0.4, -0.2) is 37.2 Å². The first-order chi connectivity index (χ1) is 12.9. The SMILES string of the molecule is CCC(=O)CC(C)(O)C(F)(F)F.Cc1cc(Cl)nc2c1nc(C)n2C1CCC1. The van der Waals surface area contributed by atoms with Crippen LogP contribution in [-0.2, 0) is 4.79 Å². The van der Waals surface area contributed by atoms with Crippen molar-refractivity contribution < 1.29 is 23.1 Å². The highest BCUT2D eigenvalue weighted by molar-refractivity contribution is 6.29. The monoisotopic (exact) mass is 419 g/mol. The normalized spacial score (nSPS) is 16.9. The van der Waals surface area contributed by atoms with E-state index in [1.165, 1.54) is 26.2 Å². The van der Waals surface area contributed by atoms with Crippen LogP contribution in [0.2, 0.25) is 5.15 Å². The van der Waals surface area contributed by atoms with Crippen molar-refractivity contribution in [1.29, 1.82) is 0 Å². The summed E-state index contributed by atoms with van der Waals surface area (Å²) in [6.07, 6.45) is -1.82. The zero-order chi connectivity index (χ0) is 21.3. The second kappa shape index (κ2) is 8.37. The molecule has 0 bridgehead atoms. The number of nitrogens with zero attached hydrogens (tertiary/aromatic N) is 3. The second-order valence-electron chi connectivity index (χ2n) is 7.39. The minimum atomic E-state index is -4.74. The Hall–Kier alpha value is -1.67. The molecule has 1 fully saturated rings. The second-order valence-corrected chi connectivity index (χ2v) is 7.78. The van der Waals surface area contributed by atoms with Crippen LogP contribution < -0.4 is 0 Å². The Morgan fingerprint density at radius 3 is 2.39 bits per heavy atom. The molecule has 1 N–H and O–H groups in total. The molecule has 1 aliphatic rings. The van der Waals surface area contributed by atoms with Gasteiger partial charge in [0.05, 0.1) is 0 Å². The summed E-state index contributed by atoms with van der Waals surface area (Å²) in [6, 6.07) is 2.46. The Bertz CT molecular complexity index is 858. The van der Waals surface area contributed by atoms with E-state index in [1.54, 1.807) is 0 Å². The summed E-state index contributed by atoms with van der Waals surface area (Å²) in [6.45, 7) is 6.14. The van der Waals surface area contributed by atoms with E-state index in [9.17, 15) is 18.0 Å². The van der Waals surface area contributed by atoms with Gasteiger partial charge in [-0.05, 0) is 51.7 Å². The molecule has 0 aliphatic heterocycles. The molecule has 1 aliphatic carbocycles. The largest absolute Gasteiger partial charge is 0.417 e. The van der Waals surface area contributed by atoms with Gasteiger partial charge in [0.25, 0.3) is 0 Å². The third-order valence-corrected chi connectivity index (χ3v) is 5.16. The molecule has 9 heteroatoms. The summed E-state index contributed by atoms with van der Waals surface area (Å²) in [5.74, 6) is 0.454. The van der Waals surface area contributed by atoms with Crippen molar-refractivity contribution >= 4 is 28.5 Å². The first kappa shape index (κ1) is 22.6. The van der Waals surface area contributed by atoms with E-state index in [-0.39, 0.29) is 6.42 Å². The number of Topliss-reactive ketones (excluding diaryl/α,β-unsaturated/α-hetero) is 1. The van der Waals surface area contributed by atoms with E-state index < -0.39 is 24.0 Å². The molecule has 156 valence electrons. The zero-order valence-corrected chi connectivity index (χ0v) is 17.2. The zero-order valence-electron chi connectivity index (χ0n) is 16.4. The minimum absolute atomic E-state index is 0.00618. The number of hydrogen-bond donors (Lipinski definition) is 1. The Kier molecular flexibility index (Phi) is 6.76. The molecule has 3 rings (SSSR count). The number of aromatic nitrogens is 3. The van der Waals surface area contributed by atoms with Crippen LogP contribution in [0.3, 0.4) is 0 Å². The van der Waals surface area contributed by atoms with Crippen LogP contribution >= 0.6 is 11.6 Å². The Morgan fingerprint density at radius 1 is 1.32 bits per heavy atom. The van der Waals surface area contributed by atoms with Crippen LogP contribution in [0.15, 0.2) is 6.07 Å². The van der Waals surface area contributed by atoms with Gasteiger partial charge < -0.3 is 9.67 Å². The number of rotatable bonds is 4. The number of aryl methyl sites for hydroxylation is 2. The molecule has 0 radical (unpaired) electrons. The van der Waals surface area contributed by atoms with Gasteiger partial charge in [0, 0.05) is 18.9 Å². The molecular formula is C19H25ClF3N3O2. The quantitative estimate of drug-likeness (QED) is 0.700. The molecule has 5 nitrogen and oxygen atoms in total. The van der Waals surface area contributed by atoms with E-state index in [2.05, 4.69) is 14.5 Å². The molecule has 0 amide bonds. The molecule has 0 aromatic carbocycles. The highest BCUT2D eigenvalue weighted by Crippen LogP contribution is 2.36. The van der Waals surface area contributed by atoms with Crippen molar-refractivity contribution in [3.63, 3.8) is 0 Å². The molecule has 1 atom stereocenters. The maximum absolute atomic E-state index is 11.9. The molecular weight excluding hydrogens is 395 g/mol. The van der Waals surface area contributed by atoms with Crippen molar-refractivity contribution in [3.05, 3.63) is 22.6 Å². The molecule has 2 heterocycles. The van der Waals surface area contributed by atoms with Gasteiger partial charge in [-0.2, -0.15) is 13.2 Å². The first-order valence-electron chi connectivity index (χ1n) is 9.20. The smallest absolute Gasteiger partial charge is 0.380 e. The van der Waals surface area contributed by atoms with Gasteiger partial charge in [-0.3, -0.25) is 4.79 Å². The summed E-state index contributed by atoms with van der Waals surface area (Å²) >= 11 is 6.02. The van der Waals surface area contributed by atoms with Crippen molar-refractivity contribution in [1.82, 2.24) is 14.5 Å². The molecule has 2 aromatic rings. The predicted octanol–water partition coefficient (Wildman–Crippen LogP) is 5.10. The van der Waals surface area contributed by atoms with Gasteiger partial charge >= 0.3 is 6.18 Å². The fourth-order valence-electron chi connectivity index (χ4n) is 2.98. The lowest BCUT2D eigenvalue weighted by atomic mass is 9.93. The lowest BCUT2D eigenvalue weighted by Gasteiger charge is -2.28. The fraction of sp³-hybridized carbons (Fsp3) is 0.632. The lowest BCUT2D eigenvalue weighted by Crippen LogP contribution is -2.43. The lowest BCUT2D eigenvalue weighted by molar-refractivity contribution is -0.253. The minimum Gasteiger partial charge on any atom is -0.380 e. The number of pyridine rings is 1. The highest BCUT2D eigenvalue weighted by Gasteiger charge is 2.50. The summed E-state index contributed by atoms with van der Waals surface area (Å²) in [4.78, 5) is 19.6. The van der Waals surface area contributed by atoms with E-state index >= 15 is 0 Å². The third kappa shape index (κ3) is 4.84. The number of alkyl halides is 3. The van der Waals surface area contributed by atoms with Crippen molar-refractivity contribution in [2.75, 3.05) is 0 Å². The van der Waals surface area contributed by atoms with Gasteiger partial charge in [0.15, 0.2) is 11.2 Å². The van der Waals surface area contributed by atoms with Crippen LogP contribution in [0.4, 0.5) is 13.2 Å². The van der Waals surface area contributed by atoms with Crippen LogP contribution in [0, 0.1) is 13.8 Å². The van der Waals surface area contributed by atoms with E-state index in [4.69, 9.17) is 16.7 Å². The molecule has 28 heavy (non-hydrogen) atoms. The summed E-state index contributed by atoms with van der Waals surface area (Å²) in [5, 5.41) is 9.37.